The number of carbonyl (C=O) groups is 1. The number of anilines is 1. The van der Waals surface area contributed by atoms with Gasteiger partial charge in [-0.3, -0.25) is 0 Å². The van der Waals surface area contributed by atoms with Gasteiger partial charge in [0.25, 0.3) is 0 Å². The van der Waals surface area contributed by atoms with Gasteiger partial charge in [-0.15, -0.1) is 10.2 Å². The number of aromatic carboxylic acids is 1. The third-order valence-electron chi connectivity index (χ3n) is 2.87. The standard InChI is InChI=1S/C11H17N3O2/c1-4-11(3,5-2)12-9-7-6-8(10(15)16)13-14-9/h6-7H,4-5H2,1-3H3,(H,12,14)(H,15,16). The normalized spacial score (nSPS) is 11.2. The molecule has 0 aromatic carbocycles. The fourth-order valence-electron chi connectivity index (χ4n) is 1.25. The molecule has 0 spiro atoms. The van der Waals surface area contributed by atoms with Gasteiger partial charge in [0.1, 0.15) is 5.82 Å². The highest BCUT2D eigenvalue weighted by Gasteiger charge is 2.19. The van der Waals surface area contributed by atoms with Crippen molar-refractivity contribution in [2.24, 2.45) is 0 Å². The van der Waals surface area contributed by atoms with Crippen LogP contribution in [0.2, 0.25) is 0 Å². The molecule has 0 aliphatic carbocycles. The van der Waals surface area contributed by atoms with Crippen molar-refractivity contribution in [2.45, 2.75) is 39.2 Å². The van der Waals surface area contributed by atoms with Crippen LogP contribution in [-0.4, -0.2) is 26.8 Å². The Balaban J connectivity index is 2.79. The molecule has 1 aromatic heterocycles. The zero-order chi connectivity index (χ0) is 12.2. The van der Waals surface area contributed by atoms with E-state index in [1.165, 1.54) is 6.07 Å². The molecule has 0 saturated carbocycles. The summed E-state index contributed by atoms with van der Waals surface area (Å²) in [5.41, 5.74) is -0.0698. The molecule has 0 bridgehead atoms. The summed E-state index contributed by atoms with van der Waals surface area (Å²) in [5.74, 6) is -0.455. The van der Waals surface area contributed by atoms with E-state index < -0.39 is 5.97 Å². The number of hydrogen-bond donors (Lipinski definition) is 2. The summed E-state index contributed by atoms with van der Waals surface area (Å²) in [6, 6.07) is 3.09. The molecule has 5 nitrogen and oxygen atoms in total. The van der Waals surface area contributed by atoms with Crippen LogP contribution in [0.3, 0.4) is 0 Å². The Hall–Kier alpha value is -1.65. The average molecular weight is 223 g/mol. The largest absolute Gasteiger partial charge is 0.476 e. The molecule has 2 N–H and O–H groups in total. The van der Waals surface area contributed by atoms with E-state index >= 15 is 0 Å². The van der Waals surface area contributed by atoms with Crippen LogP contribution in [0.15, 0.2) is 12.1 Å². The second-order valence-electron chi connectivity index (χ2n) is 4.00. The van der Waals surface area contributed by atoms with Crippen LogP contribution >= 0.6 is 0 Å². The molecule has 88 valence electrons. The predicted octanol–water partition coefficient (Wildman–Crippen LogP) is 2.17. The molecule has 0 saturated heterocycles. The Morgan fingerprint density at radius 1 is 1.38 bits per heavy atom. The number of hydrogen-bond acceptors (Lipinski definition) is 4. The first-order valence-corrected chi connectivity index (χ1v) is 5.36. The quantitative estimate of drug-likeness (QED) is 0.800. The van der Waals surface area contributed by atoms with Crippen LogP contribution in [-0.2, 0) is 0 Å². The van der Waals surface area contributed by atoms with E-state index in [2.05, 4.69) is 36.3 Å². The Morgan fingerprint density at radius 2 is 2.00 bits per heavy atom. The molecule has 5 heteroatoms. The maximum atomic E-state index is 10.6. The SMILES string of the molecule is CCC(C)(CC)Nc1ccc(C(=O)O)nn1. The second-order valence-corrected chi connectivity index (χ2v) is 4.00. The maximum absolute atomic E-state index is 10.6. The summed E-state index contributed by atoms with van der Waals surface area (Å²) in [6.07, 6.45) is 1.93. The van der Waals surface area contributed by atoms with Crippen molar-refractivity contribution in [2.75, 3.05) is 5.32 Å². The third kappa shape index (κ3) is 2.92. The van der Waals surface area contributed by atoms with Crippen LogP contribution in [0.25, 0.3) is 0 Å². The van der Waals surface area contributed by atoms with Crippen molar-refractivity contribution in [1.82, 2.24) is 10.2 Å². The van der Waals surface area contributed by atoms with Gasteiger partial charge in [0.15, 0.2) is 5.69 Å². The smallest absolute Gasteiger partial charge is 0.356 e. The minimum absolute atomic E-state index is 0.0284. The summed E-state index contributed by atoms with van der Waals surface area (Å²) in [6.45, 7) is 6.28. The molecule has 0 aliphatic rings. The highest BCUT2D eigenvalue weighted by atomic mass is 16.4. The zero-order valence-electron chi connectivity index (χ0n) is 9.82. The highest BCUT2D eigenvalue weighted by Crippen LogP contribution is 2.19. The Labute approximate surface area is 94.9 Å². The van der Waals surface area contributed by atoms with Crippen LogP contribution in [0, 0.1) is 0 Å². The molecule has 0 atom stereocenters. The van der Waals surface area contributed by atoms with Crippen LogP contribution in [0.4, 0.5) is 5.82 Å². The van der Waals surface area contributed by atoms with Crippen molar-refractivity contribution >= 4 is 11.8 Å². The van der Waals surface area contributed by atoms with Gasteiger partial charge >= 0.3 is 5.97 Å². The maximum Gasteiger partial charge on any atom is 0.356 e. The fraction of sp³-hybridized carbons (Fsp3) is 0.545. The summed E-state index contributed by atoms with van der Waals surface area (Å²) in [5, 5.41) is 19.4. The molecule has 0 amide bonds. The first-order chi connectivity index (χ1) is 7.50. The van der Waals surface area contributed by atoms with Crippen molar-refractivity contribution in [3.8, 4) is 0 Å². The van der Waals surface area contributed by atoms with Crippen LogP contribution in [0.1, 0.15) is 44.1 Å². The number of nitrogens with one attached hydrogen (secondary N) is 1. The minimum Gasteiger partial charge on any atom is -0.476 e. The van der Waals surface area contributed by atoms with E-state index in [-0.39, 0.29) is 11.2 Å². The lowest BCUT2D eigenvalue weighted by atomic mass is 9.96. The van der Waals surface area contributed by atoms with E-state index in [1.807, 2.05) is 0 Å². The molecule has 0 unspecified atom stereocenters. The minimum atomic E-state index is -1.06. The molecule has 0 fully saturated rings. The number of carboxylic acid groups (broad SMARTS) is 1. The number of aromatic nitrogens is 2. The van der Waals surface area contributed by atoms with Gasteiger partial charge in [-0.2, -0.15) is 0 Å². The summed E-state index contributed by atoms with van der Waals surface area (Å²) < 4.78 is 0. The average Bonchev–Trinajstić information content (AvgIpc) is 2.29. The molecule has 1 heterocycles. The number of rotatable bonds is 5. The van der Waals surface area contributed by atoms with Gasteiger partial charge in [0, 0.05) is 5.54 Å². The van der Waals surface area contributed by atoms with E-state index in [1.54, 1.807) is 6.07 Å². The van der Waals surface area contributed by atoms with Crippen molar-refractivity contribution in [3.63, 3.8) is 0 Å². The second kappa shape index (κ2) is 4.92. The lowest BCUT2D eigenvalue weighted by Gasteiger charge is -2.28. The van der Waals surface area contributed by atoms with E-state index in [0.29, 0.717) is 5.82 Å². The van der Waals surface area contributed by atoms with E-state index in [9.17, 15) is 4.79 Å². The Morgan fingerprint density at radius 3 is 2.38 bits per heavy atom. The topological polar surface area (TPSA) is 75.1 Å². The van der Waals surface area contributed by atoms with Gasteiger partial charge in [-0.25, -0.2) is 4.79 Å². The van der Waals surface area contributed by atoms with Gasteiger partial charge in [-0.05, 0) is 31.9 Å². The van der Waals surface area contributed by atoms with Crippen molar-refractivity contribution < 1.29 is 9.90 Å². The summed E-state index contributed by atoms with van der Waals surface area (Å²) >= 11 is 0. The molecule has 1 aromatic rings. The molecule has 1 rings (SSSR count). The van der Waals surface area contributed by atoms with Crippen molar-refractivity contribution in [3.05, 3.63) is 17.8 Å². The van der Waals surface area contributed by atoms with Gasteiger partial charge in [0.2, 0.25) is 0 Å². The lowest BCUT2D eigenvalue weighted by Crippen LogP contribution is -2.33. The highest BCUT2D eigenvalue weighted by molar-refractivity contribution is 5.85. The monoisotopic (exact) mass is 223 g/mol. The Kier molecular flexibility index (Phi) is 3.82. The lowest BCUT2D eigenvalue weighted by molar-refractivity contribution is 0.0689. The number of carboxylic acids is 1. The van der Waals surface area contributed by atoms with Crippen LogP contribution in [0.5, 0.6) is 0 Å². The molecule has 0 radical (unpaired) electrons. The fourth-order valence-corrected chi connectivity index (χ4v) is 1.25. The Bertz CT molecular complexity index is 358. The van der Waals surface area contributed by atoms with E-state index in [0.717, 1.165) is 12.8 Å². The predicted molar refractivity (Wildman–Crippen MR) is 61.6 cm³/mol. The molecule has 16 heavy (non-hydrogen) atoms. The summed E-state index contributed by atoms with van der Waals surface area (Å²) in [7, 11) is 0. The first kappa shape index (κ1) is 12.4. The molecular formula is C11H17N3O2. The molecule has 0 aliphatic heterocycles. The summed E-state index contributed by atoms with van der Waals surface area (Å²) in [4.78, 5) is 10.6. The van der Waals surface area contributed by atoms with Crippen LogP contribution < -0.4 is 5.32 Å². The third-order valence-corrected chi connectivity index (χ3v) is 2.87. The van der Waals surface area contributed by atoms with Crippen molar-refractivity contribution in [1.29, 1.82) is 0 Å². The number of nitrogens with zero attached hydrogens (tertiary/aromatic N) is 2. The first-order valence-electron chi connectivity index (χ1n) is 5.36. The molecular weight excluding hydrogens is 206 g/mol. The van der Waals surface area contributed by atoms with Gasteiger partial charge in [0.05, 0.1) is 0 Å². The zero-order valence-corrected chi connectivity index (χ0v) is 9.82. The van der Waals surface area contributed by atoms with E-state index in [4.69, 9.17) is 5.11 Å². The van der Waals surface area contributed by atoms with Gasteiger partial charge < -0.3 is 10.4 Å². The van der Waals surface area contributed by atoms with Gasteiger partial charge in [-0.1, -0.05) is 13.8 Å².